The minimum absolute atomic E-state index is 0.335. The van der Waals surface area contributed by atoms with Crippen molar-refractivity contribution in [3.8, 4) is 11.5 Å². The van der Waals surface area contributed by atoms with E-state index in [0.717, 1.165) is 22.1 Å². The van der Waals surface area contributed by atoms with Gasteiger partial charge >= 0.3 is 5.97 Å². The van der Waals surface area contributed by atoms with Gasteiger partial charge in [-0.15, -0.1) is 0 Å². The first-order valence-electron chi connectivity index (χ1n) is 10.4. The Morgan fingerprint density at radius 1 is 0.969 bits per heavy atom. The number of hydrogen-bond acceptors (Lipinski definition) is 5. The molecule has 0 radical (unpaired) electrons. The van der Waals surface area contributed by atoms with Gasteiger partial charge in [-0.05, 0) is 30.3 Å². The quantitative estimate of drug-likeness (QED) is 0.332. The van der Waals surface area contributed by atoms with E-state index in [9.17, 15) is 4.79 Å². The number of carbonyl (C=O) groups excluding carboxylic acids is 1. The van der Waals surface area contributed by atoms with E-state index < -0.39 is 6.10 Å². The molecule has 1 unspecified atom stereocenters. The fraction of sp³-hybridized carbons (Fsp3) is 0.269. The van der Waals surface area contributed by atoms with Gasteiger partial charge in [0.1, 0.15) is 12.7 Å². The molecule has 1 atom stereocenters. The summed E-state index contributed by atoms with van der Waals surface area (Å²) < 4.78 is 18.1. The minimum Gasteiger partial charge on any atom is -0.493 e. The van der Waals surface area contributed by atoms with Gasteiger partial charge in [-0.1, -0.05) is 76.6 Å². The van der Waals surface area contributed by atoms with Crippen molar-refractivity contribution in [1.29, 1.82) is 0 Å². The van der Waals surface area contributed by atoms with E-state index in [-0.39, 0.29) is 5.97 Å². The highest BCUT2D eigenvalue weighted by molar-refractivity contribution is 9.10. The summed E-state index contributed by atoms with van der Waals surface area (Å²) in [5.74, 6) is 0.867. The second-order valence-corrected chi connectivity index (χ2v) is 8.43. The molecule has 0 amide bonds. The smallest absolute Gasteiger partial charge is 0.303 e. The van der Waals surface area contributed by atoms with Gasteiger partial charge in [0.2, 0.25) is 0 Å². The molecule has 168 valence electrons. The van der Waals surface area contributed by atoms with Crippen LogP contribution in [0.3, 0.4) is 0 Å². The Morgan fingerprint density at radius 3 is 2.19 bits per heavy atom. The first-order valence-corrected chi connectivity index (χ1v) is 11.2. The van der Waals surface area contributed by atoms with Crippen LogP contribution in [0.5, 0.6) is 11.5 Å². The number of hydrogen-bond donors (Lipinski definition) is 0. The van der Waals surface area contributed by atoms with Gasteiger partial charge in [0.15, 0.2) is 11.5 Å². The van der Waals surface area contributed by atoms with Crippen LogP contribution in [0.15, 0.2) is 77.3 Å². The van der Waals surface area contributed by atoms with Crippen LogP contribution in [-0.2, 0) is 22.7 Å². The van der Waals surface area contributed by atoms with Gasteiger partial charge in [-0.2, -0.15) is 0 Å². The van der Waals surface area contributed by atoms with Crippen molar-refractivity contribution in [2.24, 2.45) is 0 Å². The van der Waals surface area contributed by atoms with Crippen LogP contribution in [0.1, 0.15) is 29.7 Å². The maximum Gasteiger partial charge on any atom is 0.303 e. The summed E-state index contributed by atoms with van der Waals surface area (Å²) in [7, 11) is 3.61. The van der Waals surface area contributed by atoms with Gasteiger partial charge in [-0.3, -0.25) is 9.69 Å². The second-order valence-electron chi connectivity index (χ2n) is 7.58. The molecule has 6 heteroatoms. The molecular weight excluding hydrogens is 470 g/mol. The van der Waals surface area contributed by atoms with Crippen LogP contribution in [0.25, 0.3) is 0 Å². The number of nitrogens with zero attached hydrogens (tertiary/aromatic N) is 1. The third kappa shape index (κ3) is 6.84. The second kappa shape index (κ2) is 11.7. The molecule has 3 rings (SSSR count). The lowest BCUT2D eigenvalue weighted by Crippen LogP contribution is -2.27. The molecule has 0 aromatic heterocycles. The third-order valence-electron chi connectivity index (χ3n) is 4.95. The molecule has 5 nitrogen and oxygen atoms in total. The predicted molar refractivity (Wildman–Crippen MR) is 129 cm³/mol. The van der Waals surface area contributed by atoms with E-state index in [2.05, 4.69) is 33.0 Å². The maximum absolute atomic E-state index is 11.8. The minimum atomic E-state index is -0.465. The molecule has 3 aromatic carbocycles. The van der Waals surface area contributed by atoms with Gasteiger partial charge in [-0.25, -0.2) is 0 Å². The summed E-state index contributed by atoms with van der Waals surface area (Å²) in [5, 5.41) is 0. The zero-order valence-corrected chi connectivity index (χ0v) is 20.2. The van der Waals surface area contributed by atoms with Gasteiger partial charge in [0, 0.05) is 30.0 Å². The highest BCUT2D eigenvalue weighted by Crippen LogP contribution is 2.38. The molecule has 0 saturated heterocycles. The number of carbonyl (C=O) groups is 1. The lowest BCUT2D eigenvalue weighted by molar-refractivity contribution is -0.147. The van der Waals surface area contributed by atoms with E-state index in [4.69, 9.17) is 14.2 Å². The maximum atomic E-state index is 11.8. The highest BCUT2D eigenvalue weighted by Gasteiger charge is 2.23. The fourth-order valence-corrected chi connectivity index (χ4v) is 4.03. The standard InChI is InChI=1S/C26H28BrNO4/c1-19(29)32-26(17-28(2)16-20-10-6-4-7-11-20)22-14-24(30-3)25(15-23(22)27)31-18-21-12-8-5-9-13-21/h4-15,26H,16-18H2,1-3H3. The molecular formula is C26H28BrNO4. The summed E-state index contributed by atoms with van der Waals surface area (Å²) >= 11 is 3.64. The molecule has 0 heterocycles. The van der Waals surface area contributed by atoms with Gasteiger partial charge < -0.3 is 14.2 Å². The summed E-state index contributed by atoms with van der Waals surface area (Å²) in [6.45, 7) is 3.12. The monoisotopic (exact) mass is 497 g/mol. The number of benzene rings is 3. The number of rotatable bonds is 10. The first kappa shape index (κ1) is 23.8. The Balaban J connectivity index is 1.79. The van der Waals surface area contributed by atoms with Crippen molar-refractivity contribution in [1.82, 2.24) is 4.90 Å². The highest BCUT2D eigenvalue weighted by atomic mass is 79.9. The summed E-state index contributed by atoms with van der Waals surface area (Å²) in [4.78, 5) is 14.0. The normalized spacial score (nSPS) is 11.8. The Bertz CT molecular complexity index is 1010. The average molecular weight is 498 g/mol. The van der Waals surface area contributed by atoms with Crippen LogP contribution < -0.4 is 9.47 Å². The average Bonchev–Trinajstić information content (AvgIpc) is 2.78. The number of methoxy groups -OCH3 is 1. The first-order chi connectivity index (χ1) is 15.5. The number of esters is 1. The van der Waals surface area contributed by atoms with Crippen LogP contribution in [-0.4, -0.2) is 31.6 Å². The molecule has 3 aromatic rings. The molecule has 0 bridgehead atoms. The SMILES string of the molecule is COc1cc(C(CN(C)Cc2ccccc2)OC(C)=O)c(Br)cc1OCc1ccccc1. The lowest BCUT2D eigenvalue weighted by Gasteiger charge is -2.26. The van der Waals surface area contributed by atoms with Gasteiger partial charge in [0.25, 0.3) is 0 Å². The molecule has 0 aliphatic heterocycles. The zero-order valence-electron chi connectivity index (χ0n) is 18.6. The summed E-state index contributed by atoms with van der Waals surface area (Å²) in [5.41, 5.74) is 3.08. The fourth-order valence-electron chi connectivity index (χ4n) is 3.45. The lowest BCUT2D eigenvalue weighted by atomic mass is 10.1. The summed E-state index contributed by atoms with van der Waals surface area (Å²) in [6, 6.07) is 23.9. The Labute approximate surface area is 198 Å². The van der Waals surface area contributed by atoms with E-state index >= 15 is 0 Å². The summed E-state index contributed by atoms with van der Waals surface area (Å²) in [6.07, 6.45) is -0.465. The van der Waals surface area contributed by atoms with E-state index in [1.165, 1.54) is 12.5 Å². The number of ether oxygens (including phenoxy) is 3. The van der Waals surface area contributed by atoms with Crippen LogP contribution >= 0.6 is 15.9 Å². The van der Waals surface area contributed by atoms with Crippen LogP contribution in [0.4, 0.5) is 0 Å². The number of likely N-dealkylation sites (N-methyl/N-ethyl adjacent to an activating group) is 1. The van der Waals surface area contributed by atoms with Crippen molar-refractivity contribution in [3.05, 3.63) is 94.0 Å². The van der Waals surface area contributed by atoms with Crippen molar-refractivity contribution >= 4 is 21.9 Å². The molecule has 0 N–H and O–H groups in total. The van der Waals surface area contributed by atoms with Crippen LogP contribution in [0.2, 0.25) is 0 Å². The van der Waals surface area contributed by atoms with Crippen LogP contribution in [0, 0.1) is 0 Å². The molecule has 0 aliphatic rings. The largest absolute Gasteiger partial charge is 0.493 e. The molecule has 0 aliphatic carbocycles. The molecule has 0 fully saturated rings. The number of halogens is 1. The Hall–Kier alpha value is -2.83. The Morgan fingerprint density at radius 2 is 1.59 bits per heavy atom. The Kier molecular flexibility index (Phi) is 8.71. The van der Waals surface area contributed by atoms with E-state index in [1.807, 2.05) is 67.7 Å². The van der Waals surface area contributed by atoms with E-state index in [1.54, 1.807) is 7.11 Å². The topological polar surface area (TPSA) is 48.0 Å². The molecule has 0 spiro atoms. The van der Waals surface area contributed by atoms with Crippen molar-refractivity contribution in [3.63, 3.8) is 0 Å². The van der Waals surface area contributed by atoms with Crippen molar-refractivity contribution in [2.75, 3.05) is 20.7 Å². The predicted octanol–water partition coefficient (Wildman–Crippen LogP) is 5.77. The third-order valence-corrected chi connectivity index (χ3v) is 5.63. The zero-order chi connectivity index (χ0) is 22.9. The van der Waals surface area contributed by atoms with Gasteiger partial charge in [0.05, 0.1) is 7.11 Å². The molecule has 32 heavy (non-hydrogen) atoms. The van der Waals surface area contributed by atoms with E-state index in [0.29, 0.717) is 24.7 Å². The molecule has 0 saturated carbocycles. The van der Waals surface area contributed by atoms with Crippen molar-refractivity contribution in [2.45, 2.75) is 26.2 Å². The van der Waals surface area contributed by atoms with Crippen molar-refractivity contribution < 1.29 is 19.0 Å².